The largest absolute Gasteiger partial charge is 0.464 e. The molecule has 0 radical (unpaired) electrons. The molecule has 1 unspecified atom stereocenters. The summed E-state index contributed by atoms with van der Waals surface area (Å²) < 4.78 is 10.9. The summed E-state index contributed by atoms with van der Waals surface area (Å²) in [4.78, 5) is 11.5. The molecule has 2 aliphatic rings. The van der Waals surface area contributed by atoms with Crippen LogP contribution in [0.3, 0.4) is 0 Å². The van der Waals surface area contributed by atoms with Gasteiger partial charge in [-0.25, -0.2) is 4.79 Å². The number of carbonyl (C=O) groups is 1. The van der Waals surface area contributed by atoms with Gasteiger partial charge in [0, 0.05) is 0 Å². The fraction of sp³-hybridized carbons (Fsp3) is 0.909. The Balaban J connectivity index is 1.90. The van der Waals surface area contributed by atoms with E-state index >= 15 is 0 Å². The van der Waals surface area contributed by atoms with E-state index in [-0.39, 0.29) is 17.7 Å². The summed E-state index contributed by atoms with van der Waals surface area (Å²) in [6.45, 7) is 4.26. The number of nitrogens with one attached hydrogen (secondary N) is 1. The van der Waals surface area contributed by atoms with Gasteiger partial charge in [-0.3, -0.25) is 0 Å². The number of piperidine rings is 1. The van der Waals surface area contributed by atoms with Gasteiger partial charge in [0.05, 0.1) is 12.2 Å². The lowest BCUT2D eigenvalue weighted by Crippen LogP contribution is -2.42. The quantitative estimate of drug-likeness (QED) is 0.691. The van der Waals surface area contributed by atoms with E-state index in [9.17, 15) is 4.79 Å². The molecule has 0 aromatic heterocycles. The van der Waals surface area contributed by atoms with Gasteiger partial charge in [0.25, 0.3) is 0 Å². The van der Waals surface area contributed by atoms with E-state index in [2.05, 4.69) is 5.32 Å². The first kappa shape index (κ1) is 10.9. The van der Waals surface area contributed by atoms with Crippen molar-refractivity contribution >= 4 is 5.97 Å². The van der Waals surface area contributed by atoms with Gasteiger partial charge in [0.2, 0.25) is 0 Å². The lowest BCUT2D eigenvalue weighted by atomic mass is 9.89. The summed E-state index contributed by atoms with van der Waals surface area (Å²) in [6.07, 6.45) is 3.53. The maximum absolute atomic E-state index is 11.5. The molecule has 1 N–H and O–H groups in total. The highest BCUT2D eigenvalue weighted by atomic mass is 16.6. The van der Waals surface area contributed by atoms with Crippen molar-refractivity contribution in [3.05, 3.63) is 0 Å². The zero-order valence-electron chi connectivity index (χ0n) is 9.25. The van der Waals surface area contributed by atoms with E-state index in [1.165, 1.54) is 0 Å². The van der Waals surface area contributed by atoms with Gasteiger partial charge in [-0.15, -0.1) is 0 Å². The van der Waals surface area contributed by atoms with E-state index in [0.29, 0.717) is 6.61 Å². The third-order valence-corrected chi connectivity index (χ3v) is 3.32. The third-order valence-electron chi connectivity index (χ3n) is 3.32. The van der Waals surface area contributed by atoms with Gasteiger partial charge >= 0.3 is 5.97 Å². The summed E-state index contributed by atoms with van der Waals surface area (Å²) in [5.41, 5.74) is -0.0390. The number of esters is 1. The molecule has 0 saturated carbocycles. The number of carbonyl (C=O) groups excluding carboxylic acids is 1. The third kappa shape index (κ3) is 2.32. The van der Waals surface area contributed by atoms with Gasteiger partial charge in [0.1, 0.15) is 0 Å². The van der Waals surface area contributed by atoms with Crippen LogP contribution >= 0.6 is 0 Å². The maximum atomic E-state index is 11.5. The minimum atomic E-state index is -0.317. The molecule has 2 aliphatic heterocycles. The van der Waals surface area contributed by atoms with Crippen LogP contribution in [0.25, 0.3) is 0 Å². The molecule has 1 atom stereocenters. The van der Waals surface area contributed by atoms with Crippen molar-refractivity contribution in [2.24, 2.45) is 0 Å². The number of rotatable bonds is 2. The highest BCUT2D eigenvalue weighted by Gasteiger charge is 2.43. The highest BCUT2D eigenvalue weighted by Crippen LogP contribution is 2.37. The Morgan fingerprint density at radius 2 is 2.20 bits per heavy atom. The molecular formula is C11H19NO3. The Bertz CT molecular complexity index is 236. The summed E-state index contributed by atoms with van der Waals surface area (Å²) >= 11 is 0. The molecule has 0 aromatic carbocycles. The van der Waals surface area contributed by atoms with Crippen LogP contribution < -0.4 is 5.32 Å². The molecular weight excluding hydrogens is 194 g/mol. The van der Waals surface area contributed by atoms with E-state index in [4.69, 9.17) is 9.47 Å². The molecule has 4 heteroatoms. The van der Waals surface area contributed by atoms with Gasteiger partial charge in [-0.2, -0.15) is 0 Å². The van der Waals surface area contributed by atoms with Crippen LogP contribution in [0, 0.1) is 0 Å². The molecule has 1 spiro atoms. The topological polar surface area (TPSA) is 47.6 Å². The minimum absolute atomic E-state index is 0.0390. The van der Waals surface area contributed by atoms with E-state index in [0.717, 1.165) is 38.8 Å². The summed E-state index contributed by atoms with van der Waals surface area (Å²) in [7, 11) is 0. The summed E-state index contributed by atoms with van der Waals surface area (Å²) in [5, 5.41) is 3.31. The first-order valence-electron chi connectivity index (χ1n) is 5.81. The monoisotopic (exact) mass is 213 g/mol. The predicted molar refractivity (Wildman–Crippen MR) is 55.6 cm³/mol. The Hall–Kier alpha value is -0.610. The Labute approximate surface area is 90.3 Å². The number of ether oxygens (including phenoxy) is 2. The predicted octanol–water partition coefficient (Wildman–Crippen LogP) is 0.851. The van der Waals surface area contributed by atoms with Crippen LogP contribution in [-0.4, -0.2) is 37.4 Å². The zero-order chi connectivity index (χ0) is 10.7. The smallest absolute Gasteiger partial charge is 0.335 e. The lowest BCUT2D eigenvalue weighted by molar-refractivity contribution is -0.162. The SMILES string of the molecule is CCOC(=O)C1CCC2(CCNCC2)O1. The van der Waals surface area contributed by atoms with Crippen LogP contribution in [0.1, 0.15) is 32.6 Å². The second-order valence-corrected chi connectivity index (χ2v) is 4.33. The summed E-state index contributed by atoms with van der Waals surface area (Å²) in [6, 6.07) is 0. The molecule has 0 amide bonds. The summed E-state index contributed by atoms with van der Waals surface area (Å²) in [5.74, 6) is -0.187. The van der Waals surface area contributed by atoms with Crippen molar-refractivity contribution in [3.8, 4) is 0 Å². The van der Waals surface area contributed by atoms with Crippen molar-refractivity contribution in [2.75, 3.05) is 19.7 Å². The Morgan fingerprint density at radius 1 is 1.47 bits per heavy atom. The van der Waals surface area contributed by atoms with Crippen molar-refractivity contribution in [2.45, 2.75) is 44.3 Å². The second-order valence-electron chi connectivity index (χ2n) is 4.33. The maximum Gasteiger partial charge on any atom is 0.335 e. The fourth-order valence-corrected chi connectivity index (χ4v) is 2.47. The molecule has 2 heterocycles. The van der Waals surface area contributed by atoms with Crippen LogP contribution in [0.4, 0.5) is 0 Å². The van der Waals surface area contributed by atoms with Gasteiger partial charge in [-0.05, 0) is 45.7 Å². The lowest BCUT2D eigenvalue weighted by Gasteiger charge is -2.33. The molecule has 0 bridgehead atoms. The van der Waals surface area contributed by atoms with Crippen LogP contribution in [-0.2, 0) is 14.3 Å². The Kier molecular flexibility index (Phi) is 3.26. The van der Waals surface area contributed by atoms with Gasteiger partial charge in [0.15, 0.2) is 6.10 Å². The van der Waals surface area contributed by atoms with Gasteiger partial charge < -0.3 is 14.8 Å². The second kappa shape index (κ2) is 4.49. The van der Waals surface area contributed by atoms with E-state index in [1.807, 2.05) is 6.92 Å². The molecule has 2 fully saturated rings. The average molecular weight is 213 g/mol. The molecule has 86 valence electrons. The first-order valence-corrected chi connectivity index (χ1v) is 5.81. The average Bonchev–Trinajstić information content (AvgIpc) is 2.64. The Morgan fingerprint density at radius 3 is 2.87 bits per heavy atom. The zero-order valence-corrected chi connectivity index (χ0v) is 9.25. The standard InChI is InChI=1S/C11H19NO3/c1-2-14-10(13)9-3-4-11(15-9)5-7-12-8-6-11/h9,12H,2-8H2,1H3. The van der Waals surface area contributed by atoms with Crippen molar-refractivity contribution in [1.82, 2.24) is 5.32 Å². The molecule has 15 heavy (non-hydrogen) atoms. The molecule has 2 rings (SSSR count). The molecule has 0 aliphatic carbocycles. The van der Waals surface area contributed by atoms with E-state index < -0.39 is 0 Å². The van der Waals surface area contributed by atoms with Crippen molar-refractivity contribution in [1.29, 1.82) is 0 Å². The highest BCUT2D eigenvalue weighted by molar-refractivity contribution is 5.75. The van der Waals surface area contributed by atoms with Crippen molar-refractivity contribution < 1.29 is 14.3 Å². The minimum Gasteiger partial charge on any atom is -0.464 e. The van der Waals surface area contributed by atoms with Crippen LogP contribution in [0.15, 0.2) is 0 Å². The van der Waals surface area contributed by atoms with Crippen LogP contribution in [0.2, 0.25) is 0 Å². The first-order chi connectivity index (χ1) is 7.26. The van der Waals surface area contributed by atoms with Crippen LogP contribution in [0.5, 0.6) is 0 Å². The number of hydrogen-bond acceptors (Lipinski definition) is 4. The molecule has 0 aromatic rings. The van der Waals surface area contributed by atoms with Gasteiger partial charge in [-0.1, -0.05) is 0 Å². The fourth-order valence-electron chi connectivity index (χ4n) is 2.47. The van der Waals surface area contributed by atoms with Crippen molar-refractivity contribution in [3.63, 3.8) is 0 Å². The number of hydrogen-bond donors (Lipinski definition) is 1. The van der Waals surface area contributed by atoms with E-state index in [1.54, 1.807) is 0 Å². The molecule has 4 nitrogen and oxygen atoms in total. The normalized spacial score (nSPS) is 29.3. The molecule has 2 saturated heterocycles.